The Kier molecular flexibility index (Phi) is 4.39. The summed E-state index contributed by atoms with van der Waals surface area (Å²) in [5, 5.41) is 12.0. The highest BCUT2D eigenvalue weighted by atomic mass is 16.4. The number of carbonyl (C=O) groups is 1. The standard InChI is InChI=1S/C11H21NO2/c1-3-9-5-4-6-10(7-9)12-8(2)11(13)14/h8-10,12H,3-7H2,1-2H3,(H,13,14). The Morgan fingerprint density at radius 3 is 2.86 bits per heavy atom. The first kappa shape index (κ1) is 11.5. The molecule has 14 heavy (non-hydrogen) atoms. The van der Waals surface area contributed by atoms with E-state index < -0.39 is 12.0 Å². The van der Waals surface area contributed by atoms with Crippen LogP contribution in [0.15, 0.2) is 0 Å². The van der Waals surface area contributed by atoms with E-state index in [-0.39, 0.29) is 0 Å². The maximum absolute atomic E-state index is 10.7. The van der Waals surface area contributed by atoms with E-state index >= 15 is 0 Å². The molecule has 0 aromatic rings. The molecule has 3 heteroatoms. The largest absolute Gasteiger partial charge is 0.480 e. The second kappa shape index (κ2) is 5.35. The van der Waals surface area contributed by atoms with Crippen molar-refractivity contribution in [1.29, 1.82) is 0 Å². The molecule has 1 aliphatic rings. The van der Waals surface area contributed by atoms with Crippen molar-refractivity contribution in [2.45, 2.75) is 58.0 Å². The SMILES string of the molecule is CCC1CCCC(NC(C)C(=O)O)C1. The van der Waals surface area contributed by atoms with E-state index in [1.54, 1.807) is 6.92 Å². The Hall–Kier alpha value is -0.570. The molecule has 2 N–H and O–H groups in total. The molecule has 0 bridgehead atoms. The highest BCUT2D eigenvalue weighted by Gasteiger charge is 2.23. The highest BCUT2D eigenvalue weighted by molar-refractivity contribution is 5.72. The zero-order valence-electron chi connectivity index (χ0n) is 9.12. The molecule has 0 aliphatic heterocycles. The fourth-order valence-electron chi connectivity index (χ4n) is 2.24. The topological polar surface area (TPSA) is 49.3 Å². The molecule has 0 aromatic heterocycles. The van der Waals surface area contributed by atoms with Crippen LogP contribution in [0.25, 0.3) is 0 Å². The van der Waals surface area contributed by atoms with Crippen LogP contribution in [0, 0.1) is 5.92 Å². The van der Waals surface area contributed by atoms with Crippen molar-refractivity contribution in [3.8, 4) is 0 Å². The third kappa shape index (κ3) is 3.29. The average molecular weight is 199 g/mol. The number of hydrogen-bond acceptors (Lipinski definition) is 2. The normalized spacial score (nSPS) is 29.9. The van der Waals surface area contributed by atoms with Crippen LogP contribution < -0.4 is 5.32 Å². The van der Waals surface area contributed by atoms with Crippen molar-refractivity contribution < 1.29 is 9.90 Å². The van der Waals surface area contributed by atoms with Gasteiger partial charge in [0, 0.05) is 6.04 Å². The van der Waals surface area contributed by atoms with Crippen LogP contribution in [-0.2, 0) is 4.79 Å². The van der Waals surface area contributed by atoms with Crippen molar-refractivity contribution in [2.24, 2.45) is 5.92 Å². The van der Waals surface area contributed by atoms with Gasteiger partial charge in [-0.2, -0.15) is 0 Å². The summed E-state index contributed by atoms with van der Waals surface area (Å²) < 4.78 is 0. The van der Waals surface area contributed by atoms with Crippen LogP contribution in [0.3, 0.4) is 0 Å². The Balaban J connectivity index is 2.33. The van der Waals surface area contributed by atoms with Crippen LogP contribution in [0.5, 0.6) is 0 Å². The first-order valence-electron chi connectivity index (χ1n) is 5.62. The van der Waals surface area contributed by atoms with E-state index in [1.165, 1.54) is 19.3 Å². The van der Waals surface area contributed by atoms with Gasteiger partial charge in [0.25, 0.3) is 0 Å². The summed E-state index contributed by atoms with van der Waals surface area (Å²) in [4.78, 5) is 10.7. The first-order chi connectivity index (χ1) is 6.63. The third-order valence-electron chi connectivity index (χ3n) is 3.22. The Morgan fingerprint density at radius 1 is 1.57 bits per heavy atom. The second-order valence-corrected chi connectivity index (χ2v) is 4.36. The summed E-state index contributed by atoms with van der Waals surface area (Å²) in [6, 6.07) is 0.00964. The molecule has 0 radical (unpaired) electrons. The molecule has 1 fully saturated rings. The van der Waals surface area contributed by atoms with Gasteiger partial charge in [-0.1, -0.05) is 26.2 Å². The molecule has 1 aliphatic carbocycles. The fraction of sp³-hybridized carbons (Fsp3) is 0.909. The van der Waals surface area contributed by atoms with Crippen molar-refractivity contribution in [2.75, 3.05) is 0 Å². The zero-order valence-corrected chi connectivity index (χ0v) is 9.12. The molecule has 0 aromatic carbocycles. The maximum Gasteiger partial charge on any atom is 0.320 e. The quantitative estimate of drug-likeness (QED) is 0.728. The molecule has 0 spiro atoms. The molecule has 0 saturated heterocycles. The smallest absolute Gasteiger partial charge is 0.320 e. The van der Waals surface area contributed by atoms with Crippen LogP contribution in [-0.4, -0.2) is 23.2 Å². The molecule has 3 atom stereocenters. The maximum atomic E-state index is 10.7. The summed E-state index contributed by atoms with van der Waals surface area (Å²) in [6.07, 6.45) is 6.06. The summed E-state index contributed by atoms with van der Waals surface area (Å²) in [6.45, 7) is 3.94. The van der Waals surface area contributed by atoms with Gasteiger partial charge in [0.15, 0.2) is 0 Å². The van der Waals surface area contributed by atoms with Gasteiger partial charge >= 0.3 is 5.97 Å². The lowest BCUT2D eigenvalue weighted by molar-refractivity contribution is -0.139. The summed E-state index contributed by atoms with van der Waals surface area (Å²) in [5.41, 5.74) is 0. The predicted octanol–water partition coefficient (Wildman–Crippen LogP) is 2.02. The summed E-state index contributed by atoms with van der Waals surface area (Å²) >= 11 is 0. The minimum Gasteiger partial charge on any atom is -0.480 e. The van der Waals surface area contributed by atoms with E-state index in [2.05, 4.69) is 12.2 Å². The van der Waals surface area contributed by atoms with Gasteiger partial charge in [-0.3, -0.25) is 4.79 Å². The van der Waals surface area contributed by atoms with E-state index in [9.17, 15) is 4.79 Å². The molecular formula is C11H21NO2. The Morgan fingerprint density at radius 2 is 2.29 bits per heavy atom. The molecule has 1 rings (SSSR count). The van der Waals surface area contributed by atoms with E-state index in [0.29, 0.717) is 6.04 Å². The molecule has 1 saturated carbocycles. The van der Waals surface area contributed by atoms with Crippen molar-refractivity contribution in [3.63, 3.8) is 0 Å². The van der Waals surface area contributed by atoms with Gasteiger partial charge in [-0.15, -0.1) is 0 Å². The molecule has 0 heterocycles. The lowest BCUT2D eigenvalue weighted by Crippen LogP contribution is -2.43. The van der Waals surface area contributed by atoms with Gasteiger partial charge < -0.3 is 10.4 Å². The van der Waals surface area contributed by atoms with Crippen LogP contribution >= 0.6 is 0 Å². The van der Waals surface area contributed by atoms with E-state index in [0.717, 1.165) is 18.8 Å². The van der Waals surface area contributed by atoms with E-state index in [4.69, 9.17) is 5.11 Å². The van der Waals surface area contributed by atoms with Crippen LogP contribution in [0.2, 0.25) is 0 Å². The van der Waals surface area contributed by atoms with Gasteiger partial charge in [-0.05, 0) is 25.7 Å². The number of carboxylic acid groups (broad SMARTS) is 1. The average Bonchev–Trinajstić information content (AvgIpc) is 2.18. The predicted molar refractivity (Wildman–Crippen MR) is 56.3 cm³/mol. The Labute approximate surface area is 85.9 Å². The van der Waals surface area contributed by atoms with Crippen molar-refractivity contribution in [1.82, 2.24) is 5.32 Å². The van der Waals surface area contributed by atoms with Gasteiger partial charge in [0.2, 0.25) is 0 Å². The molecular weight excluding hydrogens is 178 g/mol. The number of hydrogen-bond donors (Lipinski definition) is 2. The number of carboxylic acids is 1. The molecule has 82 valence electrons. The molecule has 3 unspecified atom stereocenters. The minimum absolute atomic E-state index is 0.407. The van der Waals surface area contributed by atoms with E-state index in [1.807, 2.05) is 0 Å². The molecule has 0 amide bonds. The second-order valence-electron chi connectivity index (χ2n) is 4.36. The van der Waals surface area contributed by atoms with Gasteiger partial charge in [-0.25, -0.2) is 0 Å². The Bertz CT molecular complexity index is 194. The lowest BCUT2D eigenvalue weighted by Gasteiger charge is -2.30. The summed E-state index contributed by atoms with van der Waals surface area (Å²) in [7, 11) is 0. The van der Waals surface area contributed by atoms with Gasteiger partial charge in [0.1, 0.15) is 6.04 Å². The zero-order chi connectivity index (χ0) is 10.6. The summed E-state index contributed by atoms with van der Waals surface area (Å²) in [5.74, 6) is 0.0471. The number of aliphatic carboxylic acids is 1. The number of nitrogens with one attached hydrogen (secondary N) is 1. The van der Waals surface area contributed by atoms with Crippen molar-refractivity contribution >= 4 is 5.97 Å². The highest BCUT2D eigenvalue weighted by Crippen LogP contribution is 2.26. The lowest BCUT2D eigenvalue weighted by atomic mass is 9.84. The first-order valence-corrected chi connectivity index (χ1v) is 5.62. The van der Waals surface area contributed by atoms with Crippen LogP contribution in [0.1, 0.15) is 46.0 Å². The minimum atomic E-state index is -0.747. The van der Waals surface area contributed by atoms with Gasteiger partial charge in [0.05, 0.1) is 0 Å². The third-order valence-corrected chi connectivity index (χ3v) is 3.22. The monoisotopic (exact) mass is 199 g/mol. The fourth-order valence-corrected chi connectivity index (χ4v) is 2.24. The molecule has 3 nitrogen and oxygen atoms in total. The van der Waals surface area contributed by atoms with Crippen molar-refractivity contribution in [3.05, 3.63) is 0 Å². The van der Waals surface area contributed by atoms with Crippen LogP contribution in [0.4, 0.5) is 0 Å². The number of rotatable bonds is 4.